The SMILES string of the molecule is C[N+]1(C)CC[N+](C)(CC(=O)O)CC1.[I-].[I-]. The molecule has 1 fully saturated rings. The average Bonchev–Trinajstić information content (AvgIpc) is 1.95. The number of nitrogens with zero attached hydrogens (tertiary/aromatic N) is 2. The normalized spacial score (nSPS) is 22.1. The maximum absolute atomic E-state index is 10.6. The van der Waals surface area contributed by atoms with E-state index in [1.807, 2.05) is 7.05 Å². The van der Waals surface area contributed by atoms with Gasteiger partial charge in [-0.05, 0) is 0 Å². The van der Waals surface area contributed by atoms with Gasteiger partial charge in [-0.25, -0.2) is 4.79 Å². The zero-order valence-corrected chi connectivity index (χ0v) is 13.9. The van der Waals surface area contributed by atoms with Gasteiger partial charge in [0.2, 0.25) is 0 Å². The van der Waals surface area contributed by atoms with Crippen LogP contribution in [0.1, 0.15) is 0 Å². The molecule has 0 atom stereocenters. The fourth-order valence-electron chi connectivity index (χ4n) is 1.73. The molecule has 1 N–H and O–H groups in total. The highest BCUT2D eigenvalue weighted by Gasteiger charge is 2.35. The van der Waals surface area contributed by atoms with E-state index in [4.69, 9.17) is 5.11 Å². The number of carboxylic acid groups (broad SMARTS) is 1. The lowest BCUT2D eigenvalue weighted by molar-refractivity contribution is -1.00. The van der Waals surface area contributed by atoms with Gasteiger partial charge in [-0.15, -0.1) is 0 Å². The van der Waals surface area contributed by atoms with Crippen LogP contribution < -0.4 is 48.0 Å². The lowest BCUT2D eigenvalue weighted by Gasteiger charge is -2.43. The lowest BCUT2D eigenvalue weighted by atomic mass is 10.2. The van der Waals surface area contributed by atoms with Crippen LogP contribution in [0, 0.1) is 0 Å². The Bertz CT molecular complexity index is 212. The molecule has 15 heavy (non-hydrogen) atoms. The maximum atomic E-state index is 10.6. The Morgan fingerprint density at radius 1 is 1.07 bits per heavy atom. The molecule has 0 amide bonds. The predicted octanol–water partition coefficient (Wildman–Crippen LogP) is -6.38. The second-order valence-electron chi connectivity index (χ2n) is 5.00. The molecule has 92 valence electrons. The summed E-state index contributed by atoms with van der Waals surface area (Å²) in [4.78, 5) is 10.6. The molecule has 0 aliphatic carbocycles. The first-order valence-electron chi connectivity index (χ1n) is 4.70. The number of quaternary nitrogens is 2. The van der Waals surface area contributed by atoms with Crippen molar-refractivity contribution in [3.63, 3.8) is 0 Å². The van der Waals surface area contributed by atoms with Gasteiger partial charge in [0.1, 0.15) is 26.2 Å². The molecule has 1 aliphatic rings. The number of hydrogen-bond acceptors (Lipinski definition) is 1. The van der Waals surface area contributed by atoms with Crippen LogP contribution in [-0.4, -0.2) is 73.9 Å². The summed E-state index contributed by atoms with van der Waals surface area (Å²) in [5.41, 5.74) is 0. The van der Waals surface area contributed by atoms with Crippen LogP contribution in [-0.2, 0) is 4.79 Å². The van der Waals surface area contributed by atoms with Gasteiger partial charge in [-0.3, -0.25) is 0 Å². The Kier molecular flexibility index (Phi) is 7.96. The van der Waals surface area contributed by atoms with Crippen molar-refractivity contribution in [3.05, 3.63) is 0 Å². The van der Waals surface area contributed by atoms with Gasteiger partial charge < -0.3 is 62.0 Å². The fourth-order valence-corrected chi connectivity index (χ4v) is 1.73. The fraction of sp³-hybridized carbons (Fsp3) is 0.889. The maximum Gasteiger partial charge on any atom is 0.359 e. The van der Waals surface area contributed by atoms with E-state index in [0.29, 0.717) is 4.48 Å². The predicted molar refractivity (Wildman–Crippen MR) is 50.3 cm³/mol. The lowest BCUT2D eigenvalue weighted by Crippen LogP contribution is -3.00. The van der Waals surface area contributed by atoms with Crippen LogP contribution in [0.15, 0.2) is 0 Å². The van der Waals surface area contributed by atoms with Crippen LogP contribution in [0.2, 0.25) is 0 Å². The number of carbonyl (C=O) groups is 1. The minimum absolute atomic E-state index is 0. The Balaban J connectivity index is 0. The molecule has 0 aromatic carbocycles. The van der Waals surface area contributed by atoms with Gasteiger partial charge in [0.15, 0.2) is 6.54 Å². The van der Waals surface area contributed by atoms with Crippen LogP contribution in [0.5, 0.6) is 0 Å². The Hall–Kier alpha value is 0.850. The zero-order chi connectivity index (χ0) is 10.1. The highest BCUT2D eigenvalue weighted by Crippen LogP contribution is 2.12. The zero-order valence-electron chi connectivity index (χ0n) is 9.54. The van der Waals surface area contributed by atoms with Crippen LogP contribution in [0.3, 0.4) is 0 Å². The largest absolute Gasteiger partial charge is 1.00 e. The van der Waals surface area contributed by atoms with Crippen molar-refractivity contribution in [1.29, 1.82) is 0 Å². The van der Waals surface area contributed by atoms with Crippen molar-refractivity contribution in [1.82, 2.24) is 0 Å². The first-order valence-corrected chi connectivity index (χ1v) is 4.70. The molecule has 0 bridgehead atoms. The topological polar surface area (TPSA) is 37.3 Å². The molecule has 0 aromatic rings. The van der Waals surface area contributed by atoms with Crippen molar-refractivity contribution in [2.75, 3.05) is 53.9 Å². The summed E-state index contributed by atoms with van der Waals surface area (Å²) in [7, 11) is 6.43. The van der Waals surface area contributed by atoms with E-state index in [9.17, 15) is 4.79 Å². The van der Waals surface area contributed by atoms with E-state index in [2.05, 4.69) is 14.1 Å². The summed E-state index contributed by atoms with van der Waals surface area (Å²) in [5, 5.41) is 8.74. The third-order valence-electron chi connectivity index (χ3n) is 3.01. The molecular weight excluding hydrogens is 422 g/mol. The highest BCUT2D eigenvalue weighted by molar-refractivity contribution is 5.67. The highest BCUT2D eigenvalue weighted by atomic mass is 127. The summed E-state index contributed by atoms with van der Waals surface area (Å²) < 4.78 is 1.71. The van der Waals surface area contributed by atoms with E-state index >= 15 is 0 Å². The number of likely N-dealkylation sites (N-methyl/N-ethyl adjacent to an activating group) is 2. The van der Waals surface area contributed by atoms with Crippen molar-refractivity contribution in [2.45, 2.75) is 0 Å². The van der Waals surface area contributed by atoms with Crippen molar-refractivity contribution in [2.24, 2.45) is 0 Å². The number of rotatable bonds is 2. The number of piperazine rings is 1. The Morgan fingerprint density at radius 2 is 1.47 bits per heavy atom. The van der Waals surface area contributed by atoms with Gasteiger partial charge in [0, 0.05) is 0 Å². The second kappa shape index (κ2) is 6.55. The summed E-state index contributed by atoms with van der Waals surface area (Å²) in [6.45, 7) is 4.35. The monoisotopic (exact) mass is 442 g/mol. The summed E-state index contributed by atoms with van der Waals surface area (Å²) in [5.74, 6) is -0.685. The molecule has 4 nitrogen and oxygen atoms in total. The third-order valence-corrected chi connectivity index (χ3v) is 3.01. The minimum Gasteiger partial charge on any atom is -1.00 e. The number of hydrogen-bond donors (Lipinski definition) is 1. The molecule has 0 radical (unpaired) electrons. The Labute approximate surface area is 126 Å². The van der Waals surface area contributed by atoms with Crippen LogP contribution in [0.25, 0.3) is 0 Å². The number of halogens is 2. The molecule has 1 aliphatic heterocycles. The molecule has 0 unspecified atom stereocenters. The van der Waals surface area contributed by atoms with Gasteiger partial charge in [-0.2, -0.15) is 0 Å². The van der Waals surface area contributed by atoms with Crippen LogP contribution >= 0.6 is 0 Å². The molecule has 6 heteroatoms. The van der Waals surface area contributed by atoms with E-state index in [1.54, 1.807) is 0 Å². The van der Waals surface area contributed by atoms with Gasteiger partial charge >= 0.3 is 5.97 Å². The molecular formula is C9H20I2N2O2. The third kappa shape index (κ3) is 6.22. The first-order chi connectivity index (χ1) is 5.83. The quantitative estimate of drug-likeness (QED) is 0.342. The van der Waals surface area contributed by atoms with Gasteiger partial charge in [0.25, 0.3) is 0 Å². The Morgan fingerprint density at radius 3 is 1.80 bits per heavy atom. The van der Waals surface area contributed by atoms with E-state index in [-0.39, 0.29) is 54.5 Å². The molecule has 1 rings (SSSR count). The van der Waals surface area contributed by atoms with E-state index in [1.165, 1.54) is 0 Å². The standard InChI is InChI=1S/C9H19N2O2.2HI/c1-10(2)4-6-11(3,7-5-10)8-9(12)13;;/h4-8H2,1-3H3;2*1H/q+1;;/p-1. The number of aliphatic carboxylic acids is 1. The van der Waals surface area contributed by atoms with Crippen LogP contribution in [0.4, 0.5) is 0 Å². The molecule has 0 aromatic heterocycles. The summed E-state index contributed by atoms with van der Waals surface area (Å²) >= 11 is 0. The molecule has 1 heterocycles. The van der Waals surface area contributed by atoms with Crippen molar-refractivity contribution >= 4 is 5.97 Å². The van der Waals surface area contributed by atoms with Gasteiger partial charge in [0.05, 0.1) is 21.1 Å². The average molecular weight is 442 g/mol. The first kappa shape index (κ1) is 18.2. The smallest absolute Gasteiger partial charge is 0.359 e. The van der Waals surface area contributed by atoms with E-state index < -0.39 is 5.97 Å². The molecule has 0 saturated carbocycles. The van der Waals surface area contributed by atoms with Crippen molar-refractivity contribution < 1.29 is 66.8 Å². The molecule has 0 spiro atoms. The minimum atomic E-state index is -0.685. The van der Waals surface area contributed by atoms with Gasteiger partial charge in [-0.1, -0.05) is 0 Å². The number of carboxylic acids is 1. The molecule has 1 saturated heterocycles. The van der Waals surface area contributed by atoms with E-state index in [0.717, 1.165) is 30.7 Å². The van der Waals surface area contributed by atoms with Crippen molar-refractivity contribution in [3.8, 4) is 0 Å². The second-order valence-corrected chi connectivity index (χ2v) is 5.00. The summed E-state index contributed by atoms with van der Waals surface area (Å²) in [6, 6.07) is 0. The summed E-state index contributed by atoms with van der Waals surface area (Å²) in [6.07, 6.45) is 0.